The van der Waals surface area contributed by atoms with Crippen LogP contribution in [0.4, 0.5) is 0 Å². The van der Waals surface area contributed by atoms with E-state index in [4.69, 9.17) is 1.37 Å². The third kappa shape index (κ3) is 1.67. The van der Waals surface area contributed by atoms with Gasteiger partial charge in [-0.15, -0.1) is 0 Å². The molecular weight excluding hydrogens is 266 g/mol. The molecule has 2 nitrogen and oxygen atoms in total. The van der Waals surface area contributed by atoms with Crippen molar-refractivity contribution in [2.45, 2.75) is 37.6 Å². The minimum absolute atomic E-state index is 0.0341. The van der Waals surface area contributed by atoms with Gasteiger partial charge in [0, 0.05) is 24.2 Å². The zero-order valence-electron chi connectivity index (χ0n) is 9.87. The molecule has 16 heavy (non-hydrogen) atoms. The number of hydrogen-bond acceptors (Lipinski definition) is 1. The van der Waals surface area contributed by atoms with Gasteiger partial charge in [-0.25, -0.2) is 0 Å². The van der Waals surface area contributed by atoms with Crippen LogP contribution in [0.3, 0.4) is 0 Å². The average Bonchev–Trinajstić information content (AvgIpc) is 2.28. The molecule has 1 aromatic rings. The molecule has 0 saturated carbocycles. The van der Waals surface area contributed by atoms with Crippen molar-refractivity contribution in [2.75, 3.05) is 0 Å². The number of hydrogen-bond donors (Lipinski definition) is 1. The second kappa shape index (κ2) is 3.88. The Balaban J connectivity index is 2.02. The highest BCUT2D eigenvalue weighted by Gasteiger charge is 2.33. The molecule has 1 amide bonds. The van der Waals surface area contributed by atoms with E-state index in [0.29, 0.717) is 6.42 Å². The van der Waals surface area contributed by atoms with Crippen LogP contribution in [-0.4, -0.2) is 11.9 Å². The smallest absolute Gasteiger partial charge is 0.220 e. The fourth-order valence-corrected chi connectivity index (χ4v) is 3.18. The van der Waals surface area contributed by atoms with Crippen LogP contribution in [0.5, 0.6) is 0 Å². The number of benzene rings is 1. The van der Waals surface area contributed by atoms with E-state index in [1.165, 1.54) is 11.1 Å². The van der Waals surface area contributed by atoms with Crippen molar-refractivity contribution < 1.29 is 6.17 Å². The molecule has 84 valence electrons. The molecule has 0 aromatic heterocycles. The van der Waals surface area contributed by atoms with E-state index in [1.807, 2.05) is 6.07 Å². The summed E-state index contributed by atoms with van der Waals surface area (Å²) in [6, 6.07) is 6.45. The van der Waals surface area contributed by atoms with Crippen molar-refractivity contribution in [3.63, 3.8) is 0 Å². The van der Waals surface area contributed by atoms with Gasteiger partial charge in [-0.2, -0.15) is 0 Å². The second-order valence-electron chi connectivity index (χ2n) is 4.52. The van der Waals surface area contributed by atoms with Crippen LogP contribution >= 0.6 is 15.9 Å². The largest absolute Gasteiger partial charge is 0.353 e. The topological polar surface area (TPSA) is 29.1 Å². The molecule has 1 N–H and O–H groups in total. The maximum atomic E-state index is 11.5. The molecule has 3 rings (SSSR count). The summed E-state index contributed by atoms with van der Waals surface area (Å²) in [4.78, 5) is 11.5. The van der Waals surface area contributed by atoms with Gasteiger partial charge in [-0.1, -0.05) is 22.0 Å². The number of piperidine rings is 1. The van der Waals surface area contributed by atoms with Crippen LogP contribution < -0.4 is 5.32 Å². The first-order valence-electron chi connectivity index (χ1n) is 6.23. The van der Waals surface area contributed by atoms with Gasteiger partial charge in [-0.3, -0.25) is 4.79 Å². The van der Waals surface area contributed by atoms with Crippen LogP contribution in [0, 0.1) is 0 Å². The summed E-state index contributed by atoms with van der Waals surface area (Å²) >= 11 is 3.49. The van der Waals surface area contributed by atoms with Crippen LogP contribution in [0.25, 0.3) is 0 Å². The molecule has 1 aliphatic carbocycles. The van der Waals surface area contributed by atoms with Crippen LogP contribution in [0.15, 0.2) is 22.7 Å². The van der Waals surface area contributed by atoms with E-state index in [1.54, 1.807) is 0 Å². The highest BCUT2D eigenvalue weighted by Crippen LogP contribution is 2.38. The Labute approximate surface area is 105 Å². The van der Waals surface area contributed by atoms with Crippen molar-refractivity contribution in [2.24, 2.45) is 0 Å². The molecule has 3 atom stereocenters. The standard InChI is InChI=1S/C13H14BrNO/c14-9-2-3-10-8(7-9)1-5-12-11(10)4-6-13(16)15-12/h2-3,7,11-12H,1,4-6H2,(H,15,16)/i4D. The van der Waals surface area contributed by atoms with E-state index in [-0.39, 0.29) is 24.3 Å². The van der Waals surface area contributed by atoms with Gasteiger partial charge in [0.1, 0.15) is 0 Å². The fraction of sp³-hybridized carbons (Fsp3) is 0.462. The number of fused-ring (bicyclic) bond motifs is 3. The van der Waals surface area contributed by atoms with E-state index in [0.717, 1.165) is 17.3 Å². The summed E-state index contributed by atoms with van der Waals surface area (Å²) in [5.41, 5.74) is 2.58. The average molecular weight is 281 g/mol. The number of rotatable bonds is 0. The molecule has 0 bridgehead atoms. The van der Waals surface area contributed by atoms with Crippen molar-refractivity contribution in [1.29, 1.82) is 0 Å². The van der Waals surface area contributed by atoms with Crippen LogP contribution in [0.2, 0.25) is 0 Å². The highest BCUT2D eigenvalue weighted by atomic mass is 79.9. The Hall–Kier alpha value is -0.830. The molecule has 3 heteroatoms. The van der Waals surface area contributed by atoms with Crippen LogP contribution in [0.1, 0.15) is 37.7 Å². The minimum atomic E-state index is -0.297. The van der Waals surface area contributed by atoms with Gasteiger partial charge in [-0.05, 0) is 42.5 Å². The normalized spacial score (nSPS) is 33.4. The van der Waals surface area contributed by atoms with E-state index in [9.17, 15) is 4.79 Å². The van der Waals surface area contributed by atoms with Gasteiger partial charge in [0.15, 0.2) is 0 Å². The molecule has 1 aromatic carbocycles. The first-order valence-corrected chi connectivity index (χ1v) is 6.44. The SMILES string of the molecule is [2H]C1CC(=O)NC2CCc3cc(Br)ccc3C12. The molecular formula is C13H14BrNO. The summed E-state index contributed by atoms with van der Waals surface area (Å²) in [5, 5.41) is 3.03. The molecule has 2 aliphatic rings. The Morgan fingerprint density at radius 1 is 1.44 bits per heavy atom. The lowest BCUT2D eigenvalue weighted by molar-refractivity contribution is -0.123. The van der Waals surface area contributed by atoms with Crippen molar-refractivity contribution >= 4 is 21.8 Å². The van der Waals surface area contributed by atoms with Gasteiger partial charge in [0.05, 0.1) is 0 Å². The molecule has 1 heterocycles. The summed E-state index contributed by atoms with van der Waals surface area (Å²) in [7, 11) is 0. The van der Waals surface area contributed by atoms with Crippen molar-refractivity contribution in [1.82, 2.24) is 5.32 Å². The molecule has 3 unspecified atom stereocenters. The van der Waals surface area contributed by atoms with Gasteiger partial charge >= 0.3 is 0 Å². The molecule has 1 saturated heterocycles. The maximum absolute atomic E-state index is 11.5. The zero-order valence-corrected chi connectivity index (χ0v) is 10.5. The van der Waals surface area contributed by atoms with E-state index >= 15 is 0 Å². The zero-order chi connectivity index (χ0) is 12.0. The lowest BCUT2D eigenvalue weighted by atomic mass is 9.75. The van der Waals surface area contributed by atoms with Gasteiger partial charge in [0.25, 0.3) is 0 Å². The monoisotopic (exact) mass is 280 g/mol. The number of carbonyl (C=O) groups is 1. The minimum Gasteiger partial charge on any atom is -0.353 e. The fourth-order valence-electron chi connectivity index (χ4n) is 2.78. The van der Waals surface area contributed by atoms with E-state index in [2.05, 4.69) is 33.4 Å². The maximum Gasteiger partial charge on any atom is 0.220 e. The number of halogens is 1. The van der Waals surface area contributed by atoms with E-state index < -0.39 is 0 Å². The highest BCUT2D eigenvalue weighted by molar-refractivity contribution is 9.10. The number of carbonyl (C=O) groups excluding carboxylic acids is 1. The summed E-state index contributed by atoms with van der Waals surface area (Å²) in [5.74, 6) is 0.205. The van der Waals surface area contributed by atoms with Crippen molar-refractivity contribution in [3.05, 3.63) is 33.8 Å². The van der Waals surface area contributed by atoms with Crippen LogP contribution in [-0.2, 0) is 11.2 Å². The Morgan fingerprint density at radius 2 is 2.31 bits per heavy atom. The first kappa shape index (κ1) is 9.23. The summed E-state index contributed by atoms with van der Waals surface area (Å²) in [6.45, 7) is 0. The predicted octanol–water partition coefficient (Wildman–Crippen LogP) is 2.76. The molecule has 0 spiro atoms. The summed E-state index contributed by atoms with van der Waals surface area (Å²) in [6.07, 6.45) is 1.98. The predicted molar refractivity (Wildman–Crippen MR) is 66.4 cm³/mol. The molecule has 1 fully saturated rings. The molecule has 0 radical (unpaired) electrons. The Kier molecular flexibility index (Phi) is 2.24. The lowest BCUT2D eigenvalue weighted by Crippen LogP contribution is -2.45. The number of amides is 1. The summed E-state index contributed by atoms with van der Waals surface area (Å²) < 4.78 is 9.23. The Bertz CT molecular complexity index is 476. The second-order valence-corrected chi connectivity index (χ2v) is 5.44. The first-order chi connectivity index (χ1) is 8.15. The number of aryl methyl sites for hydroxylation is 1. The quantitative estimate of drug-likeness (QED) is 0.778. The third-order valence-electron chi connectivity index (χ3n) is 3.53. The molecule has 1 aliphatic heterocycles. The van der Waals surface area contributed by atoms with Crippen molar-refractivity contribution in [3.8, 4) is 0 Å². The van der Waals surface area contributed by atoms with Gasteiger partial charge < -0.3 is 5.32 Å². The number of nitrogens with one attached hydrogen (secondary N) is 1. The van der Waals surface area contributed by atoms with Gasteiger partial charge in [0.2, 0.25) is 5.91 Å². The lowest BCUT2D eigenvalue weighted by Gasteiger charge is -2.37. The Morgan fingerprint density at radius 3 is 3.19 bits per heavy atom. The third-order valence-corrected chi connectivity index (χ3v) is 4.02.